The Morgan fingerprint density at radius 3 is 1.70 bits per heavy atom. The maximum absolute atomic E-state index is 7.34. The molecule has 0 amide bonds. The van der Waals surface area contributed by atoms with E-state index in [-0.39, 0.29) is 6.17 Å². The summed E-state index contributed by atoms with van der Waals surface area (Å²) < 4.78 is 2.93. The third kappa shape index (κ3) is 4.71. The van der Waals surface area contributed by atoms with E-state index >= 15 is 0 Å². The van der Waals surface area contributed by atoms with Crippen LogP contribution in [0.1, 0.15) is 17.3 Å². The zero-order valence-corrected chi connectivity index (χ0v) is 21.0. The second-order valence-electron chi connectivity index (χ2n) is 7.53. The third-order valence-corrected chi connectivity index (χ3v) is 10.7. The van der Waals surface area contributed by atoms with Gasteiger partial charge in [0, 0.05) is 0 Å². The Morgan fingerprint density at radius 2 is 1.12 bits per heavy atom. The summed E-state index contributed by atoms with van der Waals surface area (Å²) in [6.07, 6.45) is -0.161. The van der Waals surface area contributed by atoms with Crippen molar-refractivity contribution in [3.8, 4) is 0 Å². The van der Waals surface area contributed by atoms with E-state index in [0.717, 1.165) is 26.9 Å². The maximum atomic E-state index is 7.34. The monoisotopic (exact) mass is 561 g/mol. The van der Waals surface area contributed by atoms with Crippen molar-refractivity contribution in [2.45, 2.75) is 6.17 Å². The number of nitrogens with one attached hydrogen (secondary N) is 1. The van der Waals surface area contributed by atoms with E-state index in [4.69, 9.17) is 19.4 Å². The van der Waals surface area contributed by atoms with Crippen LogP contribution in [0, 0.1) is 0 Å². The van der Waals surface area contributed by atoms with Gasteiger partial charge in [-0.15, -0.1) is 0 Å². The summed E-state index contributed by atoms with van der Waals surface area (Å²) in [6.45, 7) is 0. The standard InChI is InChI=1S/C20H17N3.C7H6.2ClH.Ru/c1-4-10-17(11-5-1)20-21-23(19-14-8-3-9-15-19)16-22(20)18-12-6-2-7-13-18;1-7-5-3-2-4-6-7;;;/h1-15,20-21H;1-6H;2*1H;/q;;;;+2/p-2. The van der Waals surface area contributed by atoms with Gasteiger partial charge in [-0.1, -0.05) is 0 Å². The van der Waals surface area contributed by atoms with Crippen molar-refractivity contribution in [3.63, 3.8) is 0 Å². The van der Waals surface area contributed by atoms with Gasteiger partial charge in [0.2, 0.25) is 0 Å². The molecule has 0 spiro atoms. The van der Waals surface area contributed by atoms with Crippen molar-refractivity contribution in [1.82, 2.24) is 5.43 Å². The summed E-state index contributed by atoms with van der Waals surface area (Å²) in [4.78, 5) is 2.24. The third-order valence-electron chi connectivity index (χ3n) is 5.30. The summed E-state index contributed by atoms with van der Waals surface area (Å²) in [7, 11) is 14.7. The molecule has 3 nitrogen and oxygen atoms in total. The van der Waals surface area contributed by atoms with Gasteiger partial charge in [0.15, 0.2) is 0 Å². The van der Waals surface area contributed by atoms with E-state index in [1.165, 1.54) is 0 Å². The Balaban J connectivity index is 1.80. The quantitative estimate of drug-likeness (QED) is 0.283. The van der Waals surface area contributed by atoms with Crippen molar-refractivity contribution in [1.29, 1.82) is 0 Å². The van der Waals surface area contributed by atoms with Gasteiger partial charge in [0.1, 0.15) is 0 Å². The number of nitrogens with zero attached hydrogens (tertiary/aromatic N) is 2. The Kier molecular flexibility index (Phi) is 6.53. The van der Waals surface area contributed by atoms with Crippen molar-refractivity contribution in [3.05, 3.63) is 132 Å². The fraction of sp³-hybridized carbons (Fsp3) is 0.0370. The normalized spacial score (nSPS) is 16.7. The van der Waals surface area contributed by atoms with Crippen LogP contribution in [0.25, 0.3) is 0 Å². The molecule has 1 saturated heterocycles. The van der Waals surface area contributed by atoms with Crippen LogP contribution in [0.15, 0.2) is 121 Å². The first kappa shape index (κ1) is 22.2. The van der Waals surface area contributed by atoms with E-state index < -0.39 is 11.9 Å². The molecule has 6 heteroatoms. The Bertz CT molecular complexity index is 1330. The van der Waals surface area contributed by atoms with Gasteiger partial charge in [-0.05, 0) is 0 Å². The molecule has 1 heterocycles. The first-order valence-corrected chi connectivity index (χ1v) is 16.9. The Hall–Kier alpha value is -2.62. The molecule has 1 N–H and O–H groups in total. The van der Waals surface area contributed by atoms with Crippen LogP contribution in [0.2, 0.25) is 0 Å². The molecular formula is C27H23Cl2N3Ru. The molecule has 1 unspecified atom stereocenters. The van der Waals surface area contributed by atoms with Crippen LogP contribution in [0.3, 0.4) is 0 Å². The predicted octanol–water partition coefficient (Wildman–Crippen LogP) is 6.62. The zero-order chi connectivity index (χ0) is 22.7. The van der Waals surface area contributed by atoms with Gasteiger partial charge >= 0.3 is 206 Å². The molecular weight excluding hydrogens is 538 g/mol. The van der Waals surface area contributed by atoms with Gasteiger partial charge in [0.25, 0.3) is 0 Å². The van der Waals surface area contributed by atoms with Crippen LogP contribution in [0.4, 0.5) is 11.4 Å². The summed E-state index contributed by atoms with van der Waals surface area (Å²) >= 11 is -3.56. The molecule has 1 aliphatic heterocycles. The summed E-state index contributed by atoms with van der Waals surface area (Å²) in [5.41, 5.74) is 7.85. The fourth-order valence-corrected chi connectivity index (χ4v) is 9.50. The van der Waals surface area contributed by atoms with Gasteiger partial charge in [-0.2, -0.15) is 0 Å². The molecule has 1 atom stereocenters. The molecule has 0 radical (unpaired) electrons. The van der Waals surface area contributed by atoms with Crippen LogP contribution in [0.5, 0.6) is 0 Å². The minimum atomic E-state index is -3.56. The number of para-hydroxylation sites is 2. The molecule has 0 saturated carbocycles. The molecule has 0 bridgehead atoms. The molecule has 1 fully saturated rings. The topological polar surface area (TPSA) is 18.5 Å². The van der Waals surface area contributed by atoms with Gasteiger partial charge < -0.3 is 0 Å². The number of hydrazine groups is 1. The van der Waals surface area contributed by atoms with Crippen LogP contribution in [-0.2, 0) is 11.9 Å². The SMILES string of the molecule is [Cl][Ru]([Cl])(=[CH]c1ccccc1)=[C]1N(c2ccccc2)NC(c2ccccc2)N1c1ccccc1. The molecule has 0 aliphatic carbocycles. The number of hydrogen-bond donors (Lipinski definition) is 1. The predicted molar refractivity (Wildman–Crippen MR) is 138 cm³/mol. The fourth-order valence-electron chi connectivity index (χ4n) is 3.83. The van der Waals surface area contributed by atoms with Crippen molar-refractivity contribution < 1.29 is 11.9 Å². The van der Waals surface area contributed by atoms with Crippen molar-refractivity contribution >= 4 is 39.7 Å². The Labute approximate surface area is 204 Å². The van der Waals surface area contributed by atoms with Crippen molar-refractivity contribution in [2.24, 2.45) is 0 Å². The van der Waals surface area contributed by atoms with Crippen LogP contribution < -0.4 is 15.3 Å². The number of hydrogen-bond acceptors (Lipinski definition) is 3. The molecule has 4 aromatic carbocycles. The van der Waals surface area contributed by atoms with Crippen LogP contribution >= 0.6 is 19.4 Å². The van der Waals surface area contributed by atoms with E-state index in [0.29, 0.717) is 0 Å². The van der Waals surface area contributed by atoms with Gasteiger partial charge in [-0.25, -0.2) is 0 Å². The molecule has 4 aromatic rings. The molecule has 1 aliphatic rings. The minimum absolute atomic E-state index is 0.161. The summed E-state index contributed by atoms with van der Waals surface area (Å²) in [6, 6.07) is 40.9. The van der Waals surface area contributed by atoms with E-state index in [2.05, 4.69) is 68.5 Å². The molecule has 33 heavy (non-hydrogen) atoms. The molecule has 5 rings (SSSR count). The van der Waals surface area contributed by atoms with Gasteiger partial charge in [0.05, 0.1) is 0 Å². The average molecular weight is 561 g/mol. The van der Waals surface area contributed by atoms with Crippen LogP contribution in [-0.4, -0.2) is 8.96 Å². The number of anilines is 2. The van der Waals surface area contributed by atoms with Gasteiger partial charge in [-0.3, -0.25) is 0 Å². The second-order valence-corrected chi connectivity index (χ2v) is 16.8. The van der Waals surface area contributed by atoms with E-state index in [9.17, 15) is 0 Å². The first-order valence-electron chi connectivity index (χ1n) is 10.5. The second kappa shape index (κ2) is 9.71. The molecule has 168 valence electrons. The average Bonchev–Trinajstić information content (AvgIpc) is 3.28. The first-order chi connectivity index (χ1) is 16.1. The number of benzene rings is 4. The molecule has 0 aromatic heterocycles. The van der Waals surface area contributed by atoms with Crippen molar-refractivity contribution in [2.75, 3.05) is 9.91 Å². The van der Waals surface area contributed by atoms with E-state index in [1.807, 2.05) is 72.8 Å². The zero-order valence-electron chi connectivity index (χ0n) is 17.7. The number of rotatable bonds is 4. The summed E-state index contributed by atoms with van der Waals surface area (Å²) in [5, 5.41) is 2.07. The Morgan fingerprint density at radius 1 is 0.636 bits per heavy atom. The number of halogens is 2. The summed E-state index contributed by atoms with van der Waals surface area (Å²) in [5.74, 6) is 0. The van der Waals surface area contributed by atoms with E-state index in [1.54, 1.807) is 0 Å².